The largest absolute Gasteiger partial charge is 0.482 e. The number of halogens is 2. The summed E-state index contributed by atoms with van der Waals surface area (Å²) >= 11 is 5.66. The first kappa shape index (κ1) is 17.2. The van der Waals surface area contributed by atoms with Crippen molar-refractivity contribution in [2.24, 2.45) is 5.92 Å². The fourth-order valence-electron chi connectivity index (χ4n) is 1.97. The zero-order valence-corrected chi connectivity index (χ0v) is 13.6. The van der Waals surface area contributed by atoms with Crippen LogP contribution in [0.5, 0.6) is 5.75 Å². The fourth-order valence-corrected chi connectivity index (χ4v) is 2.14. The first-order valence-corrected chi connectivity index (χ1v) is 7.53. The zero-order valence-electron chi connectivity index (χ0n) is 12.8. The van der Waals surface area contributed by atoms with Gasteiger partial charge in [-0.05, 0) is 30.2 Å². The van der Waals surface area contributed by atoms with Gasteiger partial charge in [0.1, 0.15) is 17.7 Å². The number of rotatable bonds is 6. The molecule has 0 aliphatic heterocycles. The minimum absolute atomic E-state index is 0.0640. The Bertz CT molecular complexity index is 664. The lowest BCUT2D eigenvalue weighted by atomic mass is 10.0. The third-order valence-electron chi connectivity index (χ3n) is 3.09. The standard InChI is InChI=1S/C17H17ClFNO3/c1-11(2)17(15-5-3-4-8-20-15)23-16(21)10-22-12-6-7-14(19)13(18)9-12/h3-9,11,17H,10H2,1-2H3. The Labute approximate surface area is 139 Å². The van der Waals surface area contributed by atoms with Gasteiger partial charge in [0.15, 0.2) is 6.61 Å². The highest BCUT2D eigenvalue weighted by Gasteiger charge is 2.22. The van der Waals surface area contributed by atoms with Gasteiger partial charge in [0, 0.05) is 12.3 Å². The second kappa shape index (κ2) is 7.92. The molecule has 0 N–H and O–H groups in total. The van der Waals surface area contributed by atoms with Gasteiger partial charge in [-0.25, -0.2) is 9.18 Å². The van der Waals surface area contributed by atoms with Crippen molar-refractivity contribution >= 4 is 17.6 Å². The Kier molecular flexibility index (Phi) is 5.93. The molecule has 1 heterocycles. The van der Waals surface area contributed by atoms with Crippen LogP contribution < -0.4 is 4.74 Å². The lowest BCUT2D eigenvalue weighted by molar-refractivity contribution is -0.154. The van der Waals surface area contributed by atoms with Gasteiger partial charge in [0.2, 0.25) is 0 Å². The highest BCUT2D eigenvalue weighted by atomic mass is 35.5. The number of pyridine rings is 1. The summed E-state index contributed by atoms with van der Waals surface area (Å²) in [4.78, 5) is 16.2. The molecule has 2 rings (SSSR count). The van der Waals surface area contributed by atoms with Gasteiger partial charge >= 0.3 is 5.97 Å². The van der Waals surface area contributed by atoms with E-state index in [0.29, 0.717) is 11.4 Å². The first-order chi connectivity index (χ1) is 11.0. The van der Waals surface area contributed by atoms with Crippen molar-refractivity contribution < 1.29 is 18.7 Å². The lowest BCUT2D eigenvalue weighted by Gasteiger charge is -2.20. The van der Waals surface area contributed by atoms with Gasteiger partial charge < -0.3 is 9.47 Å². The SMILES string of the molecule is CC(C)C(OC(=O)COc1ccc(F)c(Cl)c1)c1ccccn1. The Hall–Kier alpha value is -2.14. The number of carbonyl (C=O) groups is 1. The molecule has 2 aromatic rings. The first-order valence-electron chi connectivity index (χ1n) is 7.15. The van der Waals surface area contributed by atoms with Crippen LogP contribution in [-0.4, -0.2) is 17.6 Å². The van der Waals surface area contributed by atoms with Crippen molar-refractivity contribution in [3.05, 3.63) is 59.1 Å². The van der Waals surface area contributed by atoms with Gasteiger partial charge in [0.05, 0.1) is 10.7 Å². The van der Waals surface area contributed by atoms with E-state index in [2.05, 4.69) is 4.98 Å². The quantitative estimate of drug-likeness (QED) is 0.741. The predicted molar refractivity (Wildman–Crippen MR) is 84.8 cm³/mol. The van der Waals surface area contributed by atoms with Crippen molar-refractivity contribution in [3.63, 3.8) is 0 Å². The van der Waals surface area contributed by atoms with Crippen LogP contribution >= 0.6 is 11.6 Å². The summed E-state index contributed by atoms with van der Waals surface area (Å²) < 4.78 is 23.8. The van der Waals surface area contributed by atoms with Gasteiger partial charge in [-0.1, -0.05) is 31.5 Å². The van der Waals surface area contributed by atoms with E-state index in [-0.39, 0.29) is 17.5 Å². The van der Waals surface area contributed by atoms with Gasteiger partial charge in [0.25, 0.3) is 0 Å². The Morgan fingerprint density at radius 2 is 2.09 bits per heavy atom. The number of esters is 1. The molecule has 0 aliphatic carbocycles. The maximum Gasteiger partial charge on any atom is 0.344 e. The highest BCUT2D eigenvalue weighted by Crippen LogP contribution is 2.25. The Morgan fingerprint density at radius 3 is 2.70 bits per heavy atom. The summed E-state index contributed by atoms with van der Waals surface area (Å²) in [7, 11) is 0. The summed E-state index contributed by atoms with van der Waals surface area (Å²) in [5.74, 6) is -0.715. The van der Waals surface area contributed by atoms with Crippen LogP contribution in [0.2, 0.25) is 5.02 Å². The highest BCUT2D eigenvalue weighted by molar-refractivity contribution is 6.30. The van der Waals surface area contributed by atoms with E-state index < -0.39 is 17.9 Å². The average Bonchev–Trinajstić information content (AvgIpc) is 2.54. The van der Waals surface area contributed by atoms with E-state index in [0.717, 1.165) is 0 Å². The number of benzene rings is 1. The molecule has 1 aromatic carbocycles. The maximum atomic E-state index is 13.1. The lowest BCUT2D eigenvalue weighted by Crippen LogP contribution is -2.21. The van der Waals surface area contributed by atoms with Gasteiger partial charge in [-0.15, -0.1) is 0 Å². The molecule has 1 aromatic heterocycles. The van der Waals surface area contributed by atoms with Crippen LogP contribution in [0, 0.1) is 11.7 Å². The monoisotopic (exact) mass is 337 g/mol. The van der Waals surface area contributed by atoms with Crippen molar-refractivity contribution in [3.8, 4) is 5.75 Å². The predicted octanol–water partition coefficient (Wildman–Crippen LogP) is 4.19. The summed E-state index contributed by atoms with van der Waals surface area (Å²) in [5.41, 5.74) is 0.681. The molecule has 0 fully saturated rings. The number of hydrogen-bond acceptors (Lipinski definition) is 4. The summed E-state index contributed by atoms with van der Waals surface area (Å²) in [6.45, 7) is 3.58. The van der Waals surface area contributed by atoms with Crippen molar-refractivity contribution in [1.29, 1.82) is 0 Å². The minimum atomic E-state index is -0.545. The van der Waals surface area contributed by atoms with E-state index in [4.69, 9.17) is 21.1 Å². The summed E-state index contributed by atoms with van der Waals surface area (Å²) in [5, 5.41) is -0.0654. The molecular formula is C17H17ClFNO3. The molecule has 0 saturated carbocycles. The second-order valence-electron chi connectivity index (χ2n) is 5.27. The minimum Gasteiger partial charge on any atom is -0.482 e. The van der Waals surface area contributed by atoms with Crippen LogP contribution in [-0.2, 0) is 9.53 Å². The van der Waals surface area contributed by atoms with E-state index in [1.165, 1.54) is 18.2 Å². The Morgan fingerprint density at radius 1 is 1.30 bits per heavy atom. The molecule has 0 aliphatic rings. The van der Waals surface area contributed by atoms with Crippen molar-refractivity contribution in [2.45, 2.75) is 20.0 Å². The van der Waals surface area contributed by atoms with Crippen LogP contribution in [0.4, 0.5) is 4.39 Å². The molecule has 0 bridgehead atoms. The van der Waals surface area contributed by atoms with E-state index in [1.807, 2.05) is 19.9 Å². The number of nitrogens with zero attached hydrogens (tertiary/aromatic N) is 1. The number of aromatic nitrogens is 1. The smallest absolute Gasteiger partial charge is 0.344 e. The number of hydrogen-bond donors (Lipinski definition) is 0. The third-order valence-corrected chi connectivity index (χ3v) is 3.38. The molecule has 0 radical (unpaired) electrons. The van der Waals surface area contributed by atoms with E-state index in [1.54, 1.807) is 18.3 Å². The molecule has 0 saturated heterocycles. The molecule has 122 valence electrons. The Balaban J connectivity index is 1.95. The molecule has 4 nitrogen and oxygen atoms in total. The molecule has 1 atom stereocenters. The molecular weight excluding hydrogens is 321 g/mol. The van der Waals surface area contributed by atoms with E-state index in [9.17, 15) is 9.18 Å². The number of ether oxygens (including phenoxy) is 2. The summed E-state index contributed by atoms with van der Waals surface area (Å²) in [6, 6.07) is 9.31. The summed E-state index contributed by atoms with van der Waals surface area (Å²) in [6.07, 6.45) is 1.19. The normalized spacial score (nSPS) is 12.0. The third kappa shape index (κ3) is 4.93. The fraction of sp³-hybridized carbons (Fsp3) is 0.294. The molecule has 6 heteroatoms. The topological polar surface area (TPSA) is 48.4 Å². The van der Waals surface area contributed by atoms with Gasteiger partial charge in [-0.2, -0.15) is 0 Å². The number of carbonyl (C=O) groups excluding carboxylic acids is 1. The van der Waals surface area contributed by atoms with Crippen molar-refractivity contribution in [2.75, 3.05) is 6.61 Å². The molecule has 1 unspecified atom stereocenters. The average molecular weight is 338 g/mol. The molecule has 23 heavy (non-hydrogen) atoms. The van der Waals surface area contributed by atoms with Crippen LogP contribution in [0.15, 0.2) is 42.6 Å². The second-order valence-corrected chi connectivity index (χ2v) is 5.68. The molecule has 0 amide bonds. The van der Waals surface area contributed by atoms with Crippen LogP contribution in [0.1, 0.15) is 25.6 Å². The van der Waals surface area contributed by atoms with Crippen molar-refractivity contribution in [1.82, 2.24) is 4.98 Å². The van der Waals surface area contributed by atoms with Crippen LogP contribution in [0.3, 0.4) is 0 Å². The maximum absolute atomic E-state index is 13.1. The van der Waals surface area contributed by atoms with E-state index >= 15 is 0 Å². The zero-order chi connectivity index (χ0) is 16.8. The van der Waals surface area contributed by atoms with Gasteiger partial charge in [-0.3, -0.25) is 4.98 Å². The van der Waals surface area contributed by atoms with Crippen LogP contribution in [0.25, 0.3) is 0 Å². The molecule has 0 spiro atoms.